The molecule has 0 saturated carbocycles. The lowest BCUT2D eigenvalue weighted by molar-refractivity contribution is -0.119. The summed E-state index contributed by atoms with van der Waals surface area (Å²) in [4.78, 5) is 42.9. The number of hydrogen-bond acceptors (Lipinski definition) is 8. The van der Waals surface area contributed by atoms with Crippen LogP contribution in [0.15, 0.2) is 41.0 Å². The molecule has 0 aliphatic heterocycles. The molecule has 0 unspecified atom stereocenters. The van der Waals surface area contributed by atoms with Crippen LogP contribution in [0.3, 0.4) is 0 Å². The second kappa shape index (κ2) is 9.59. The number of carbonyl (C=O) groups is 3. The number of fused-ring (bicyclic) bond motifs is 1. The lowest BCUT2D eigenvalue weighted by atomic mass is 9.99. The number of esters is 1. The van der Waals surface area contributed by atoms with E-state index in [9.17, 15) is 14.4 Å². The van der Waals surface area contributed by atoms with Crippen molar-refractivity contribution in [1.82, 2.24) is 10.3 Å². The fraction of sp³-hybridized carbons (Fsp3) is 0.200. The molecular weight excluding hydrogens is 468 g/mol. The fourth-order valence-electron chi connectivity index (χ4n) is 3.70. The summed E-state index contributed by atoms with van der Waals surface area (Å²) in [5, 5.41) is 5.73. The molecule has 3 aromatic heterocycles. The van der Waals surface area contributed by atoms with Gasteiger partial charge in [-0.2, -0.15) is 0 Å². The van der Waals surface area contributed by atoms with E-state index >= 15 is 0 Å². The Hall–Kier alpha value is -4.18. The number of rotatable bonds is 6. The molecule has 4 aromatic rings. The first-order valence-corrected chi connectivity index (χ1v) is 11.6. The average molecular weight is 493 g/mol. The molecule has 0 bridgehead atoms. The van der Waals surface area contributed by atoms with Crippen LogP contribution in [-0.2, 0) is 9.53 Å². The van der Waals surface area contributed by atoms with E-state index in [0.29, 0.717) is 38.5 Å². The highest BCUT2D eigenvalue weighted by molar-refractivity contribution is 7.21. The van der Waals surface area contributed by atoms with E-state index in [-0.39, 0.29) is 16.5 Å². The van der Waals surface area contributed by atoms with E-state index in [1.54, 1.807) is 25.1 Å². The van der Waals surface area contributed by atoms with E-state index in [0.717, 1.165) is 22.5 Å². The monoisotopic (exact) mass is 492 g/mol. The number of pyridine rings is 1. The SMILES string of the molecule is CNC(=O)c1c(C)nc2sc(C(=O)OCC(=O)Nc3ccc(C)c(C)c3)c(N)c2c1-c1ccco1. The Morgan fingerprint density at radius 1 is 1.14 bits per heavy atom. The Morgan fingerprint density at radius 3 is 2.57 bits per heavy atom. The van der Waals surface area contributed by atoms with Gasteiger partial charge in [0.2, 0.25) is 0 Å². The number of nitrogens with zero attached hydrogens (tertiary/aromatic N) is 1. The van der Waals surface area contributed by atoms with Crippen LogP contribution in [0.25, 0.3) is 21.5 Å². The standard InChI is InChI=1S/C25H24N4O5S/c1-12-7-8-15(10-13(12)2)29-17(30)11-34-25(32)22-21(26)20-19(16-6-5-9-33-16)18(23(31)27-4)14(3)28-24(20)35-22/h5-10H,11,26H2,1-4H3,(H,27,31)(H,29,30). The normalized spacial score (nSPS) is 10.9. The van der Waals surface area contributed by atoms with Gasteiger partial charge in [0.1, 0.15) is 15.5 Å². The molecule has 0 aliphatic carbocycles. The van der Waals surface area contributed by atoms with Gasteiger partial charge >= 0.3 is 5.97 Å². The van der Waals surface area contributed by atoms with Crippen molar-refractivity contribution in [2.45, 2.75) is 20.8 Å². The minimum atomic E-state index is -0.759. The van der Waals surface area contributed by atoms with Crippen LogP contribution >= 0.6 is 11.3 Å². The molecule has 10 heteroatoms. The smallest absolute Gasteiger partial charge is 0.351 e. The van der Waals surface area contributed by atoms with E-state index in [4.69, 9.17) is 14.9 Å². The third-order valence-corrected chi connectivity index (χ3v) is 6.67. The molecule has 3 heterocycles. The zero-order chi connectivity index (χ0) is 25.3. The van der Waals surface area contributed by atoms with Crippen molar-refractivity contribution >= 4 is 50.7 Å². The van der Waals surface area contributed by atoms with Gasteiger partial charge in [0, 0.05) is 23.7 Å². The average Bonchev–Trinajstić information content (AvgIpc) is 3.47. The molecule has 180 valence electrons. The van der Waals surface area contributed by atoms with Gasteiger partial charge in [0.25, 0.3) is 11.8 Å². The lowest BCUT2D eigenvalue weighted by Gasteiger charge is -2.11. The van der Waals surface area contributed by atoms with Crippen LogP contribution < -0.4 is 16.4 Å². The maximum Gasteiger partial charge on any atom is 0.351 e. The number of thiophene rings is 1. The summed E-state index contributed by atoms with van der Waals surface area (Å²) in [5.74, 6) is -1.18. The van der Waals surface area contributed by atoms with Crippen LogP contribution in [-0.4, -0.2) is 36.4 Å². The zero-order valence-corrected chi connectivity index (χ0v) is 20.5. The zero-order valence-electron chi connectivity index (χ0n) is 19.6. The summed E-state index contributed by atoms with van der Waals surface area (Å²) >= 11 is 1.03. The number of nitrogens with one attached hydrogen (secondary N) is 2. The summed E-state index contributed by atoms with van der Waals surface area (Å²) < 4.78 is 10.8. The summed E-state index contributed by atoms with van der Waals surface area (Å²) in [5.41, 5.74) is 10.4. The maximum atomic E-state index is 12.8. The number of carbonyl (C=O) groups excluding carboxylic acids is 3. The molecule has 0 spiro atoms. The molecule has 0 atom stereocenters. The van der Waals surface area contributed by atoms with Crippen molar-refractivity contribution in [3.63, 3.8) is 0 Å². The largest absolute Gasteiger partial charge is 0.464 e. The molecular formula is C25H24N4O5S. The molecule has 0 saturated heterocycles. The highest BCUT2D eigenvalue weighted by Crippen LogP contribution is 2.42. The lowest BCUT2D eigenvalue weighted by Crippen LogP contribution is -2.21. The topological polar surface area (TPSA) is 137 Å². The number of furan rings is 1. The van der Waals surface area contributed by atoms with Crippen LogP contribution in [0, 0.1) is 20.8 Å². The number of nitrogen functional groups attached to an aromatic ring is 1. The van der Waals surface area contributed by atoms with Crippen LogP contribution in [0.4, 0.5) is 11.4 Å². The van der Waals surface area contributed by atoms with E-state index < -0.39 is 18.5 Å². The van der Waals surface area contributed by atoms with Crippen molar-refractivity contribution in [2.24, 2.45) is 0 Å². The van der Waals surface area contributed by atoms with Crippen LogP contribution in [0.1, 0.15) is 36.9 Å². The number of anilines is 2. The molecule has 1 aromatic carbocycles. The van der Waals surface area contributed by atoms with Gasteiger partial charge in [-0.25, -0.2) is 9.78 Å². The van der Waals surface area contributed by atoms with Crippen molar-refractivity contribution in [2.75, 3.05) is 24.7 Å². The quantitative estimate of drug-likeness (QED) is 0.343. The minimum absolute atomic E-state index is 0.0905. The highest BCUT2D eigenvalue weighted by Gasteiger charge is 2.28. The van der Waals surface area contributed by atoms with Crippen LogP contribution in [0.2, 0.25) is 0 Å². The molecule has 9 nitrogen and oxygen atoms in total. The van der Waals surface area contributed by atoms with Gasteiger partial charge in [0.15, 0.2) is 6.61 Å². The second-order valence-electron chi connectivity index (χ2n) is 7.95. The number of aromatic nitrogens is 1. The predicted molar refractivity (Wildman–Crippen MR) is 135 cm³/mol. The number of hydrogen-bond donors (Lipinski definition) is 3. The molecule has 4 rings (SSSR count). The number of benzene rings is 1. The van der Waals surface area contributed by atoms with E-state index in [2.05, 4.69) is 15.6 Å². The molecule has 35 heavy (non-hydrogen) atoms. The molecule has 0 fully saturated rings. The summed E-state index contributed by atoms with van der Waals surface area (Å²) in [6, 6.07) is 8.91. The third-order valence-electron chi connectivity index (χ3n) is 5.59. The Morgan fingerprint density at radius 2 is 1.91 bits per heavy atom. The number of amides is 2. The molecule has 2 amide bonds. The van der Waals surface area contributed by atoms with Crippen molar-refractivity contribution in [1.29, 1.82) is 0 Å². The Bertz CT molecular complexity index is 1460. The first-order chi connectivity index (χ1) is 16.7. The van der Waals surface area contributed by atoms with Gasteiger partial charge < -0.3 is 25.5 Å². The van der Waals surface area contributed by atoms with Gasteiger partial charge in [-0.3, -0.25) is 9.59 Å². The summed E-state index contributed by atoms with van der Waals surface area (Å²) in [6.07, 6.45) is 1.48. The molecule has 4 N–H and O–H groups in total. The summed E-state index contributed by atoms with van der Waals surface area (Å²) in [6.45, 7) is 5.13. The molecule has 0 aliphatic rings. The third kappa shape index (κ3) is 4.60. The number of ether oxygens (including phenoxy) is 1. The first kappa shape index (κ1) is 24.0. The van der Waals surface area contributed by atoms with Gasteiger partial charge in [-0.05, 0) is 56.2 Å². The minimum Gasteiger partial charge on any atom is -0.464 e. The molecule has 0 radical (unpaired) electrons. The Labute approximate surface area is 205 Å². The summed E-state index contributed by atoms with van der Waals surface area (Å²) in [7, 11) is 1.51. The van der Waals surface area contributed by atoms with Crippen molar-refractivity contribution in [3.05, 3.63) is 63.9 Å². The predicted octanol–water partition coefficient (Wildman–Crippen LogP) is 4.22. The number of aryl methyl sites for hydroxylation is 3. The second-order valence-corrected chi connectivity index (χ2v) is 8.95. The van der Waals surface area contributed by atoms with Crippen molar-refractivity contribution in [3.8, 4) is 11.3 Å². The van der Waals surface area contributed by atoms with Crippen molar-refractivity contribution < 1.29 is 23.5 Å². The van der Waals surface area contributed by atoms with Crippen LogP contribution in [0.5, 0.6) is 0 Å². The van der Waals surface area contributed by atoms with E-state index in [1.807, 2.05) is 26.0 Å². The van der Waals surface area contributed by atoms with Gasteiger partial charge in [0.05, 0.1) is 23.2 Å². The first-order valence-electron chi connectivity index (χ1n) is 10.7. The Kier molecular flexibility index (Phi) is 6.57. The fourth-order valence-corrected chi connectivity index (χ4v) is 4.74. The Balaban J connectivity index is 1.63. The highest BCUT2D eigenvalue weighted by atomic mass is 32.1. The maximum absolute atomic E-state index is 12.8. The van der Waals surface area contributed by atoms with E-state index in [1.165, 1.54) is 13.3 Å². The number of nitrogens with two attached hydrogens (primary N) is 1. The van der Waals surface area contributed by atoms with Gasteiger partial charge in [-0.15, -0.1) is 11.3 Å². The van der Waals surface area contributed by atoms with Gasteiger partial charge in [-0.1, -0.05) is 6.07 Å².